The van der Waals surface area contributed by atoms with E-state index in [9.17, 15) is 13.6 Å². The van der Waals surface area contributed by atoms with E-state index in [1.54, 1.807) is 0 Å². The number of ether oxygens (including phenoxy) is 1. The monoisotopic (exact) mass is 216 g/mol. The van der Waals surface area contributed by atoms with Gasteiger partial charge < -0.3 is 9.84 Å². The van der Waals surface area contributed by atoms with E-state index in [0.717, 1.165) is 12.1 Å². The van der Waals surface area contributed by atoms with Crippen LogP contribution in [-0.2, 0) is 22.1 Å². The summed E-state index contributed by atoms with van der Waals surface area (Å²) in [6.45, 7) is 0.304. The molecule has 0 unspecified atom stereocenters. The number of halogens is 2. The molecular formula is C10H10F2O3. The lowest BCUT2D eigenvalue weighted by molar-refractivity contribution is -0.166. The van der Waals surface area contributed by atoms with Crippen molar-refractivity contribution in [2.75, 3.05) is 7.11 Å². The van der Waals surface area contributed by atoms with Crippen LogP contribution in [0.25, 0.3) is 0 Å². The molecule has 0 saturated heterocycles. The first-order chi connectivity index (χ1) is 6.98. The SMILES string of the molecule is COCc1ccc(C(F)(F)C(=O)O)cc1. The average Bonchev–Trinajstić information content (AvgIpc) is 2.19. The molecule has 1 aromatic rings. The van der Waals surface area contributed by atoms with E-state index in [1.165, 1.54) is 19.2 Å². The number of methoxy groups -OCH3 is 1. The van der Waals surface area contributed by atoms with Crippen molar-refractivity contribution in [1.82, 2.24) is 0 Å². The predicted octanol–water partition coefficient (Wildman–Crippen LogP) is 2.01. The van der Waals surface area contributed by atoms with E-state index < -0.39 is 17.5 Å². The minimum absolute atomic E-state index is 0.304. The Morgan fingerprint density at radius 3 is 2.33 bits per heavy atom. The van der Waals surface area contributed by atoms with Crippen molar-refractivity contribution in [3.8, 4) is 0 Å². The summed E-state index contributed by atoms with van der Waals surface area (Å²) in [7, 11) is 1.49. The quantitative estimate of drug-likeness (QED) is 0.837. The van der Waals surface area contributed by atoms with E-state index in [-0.39, 0.29) is 0 Å². The third kappa shape index (κ3) is 2.50. The third-order valence-corrected chi connectivity index (χ3v) is 1.90. The van der Waals surface area contributed by atoms with Gasteiger partial charge in [-0.15, -0.1) is 0 Å². The van der Waals surface area contributed by atoms with Gasteiger partial charge in [0.25, 0.3) is 0 Å². The van der Waals surface area contributed by atoms with Crippen molar-refractivity contribution in [1.29, 1.82) is 0 Å². The molecule has 15 heavy (non-hydrogen) atoms. The van der Waals surface area contributed by atoms with E-state index in [0.29, 0.717) is 12.2 Å². The molecule has 82 valence electrons. The first-order valence-electron chi connectivity index (χ1n) is 4.18. The van der Waals surface area contributed by atoms with Crippen LogP contribution in [0.3, 0.4) is 0 Å². The zero-order valence-corrected chi connectivity index (χ0v) is 8.04. The minimum atomic E-state index is -3.84. The van der Waals surface area contributed by atoms with Crippen molar-refractivity contribution in [2.24, 2.45) is 0 Å². The van der Waals surface area contributed by atoms with Gasteiger partial charge in [-0.3, -0.25) is 0 Å². The topological polar surface area (TPSA) is 46.5 Å². The van der Waals surface area contributed by atoms with Gasteiger partial charge in [0, 0.05) is 12.7 Å². The van der Waals surface area contributed by atoms with Crippen molar-refractivity contribution >= 4 is 5.97 Å². The number of aliphatic carboxylic acids is 1. The molecule has 0 atom stereocenters. The first kappa shape index (κ1) is 11.6. The van der Waals surface area contributed by atoms with E-state index >= 15 is 0 Å². The molecule has 0 aliphatic heterocycles. The van der Waals surface area contributed by atoms with E-state index in [4.69, 9.17) is 9.84 Å². The highest BCUT2D eigenvalue weighted by Crippen LogP contribution is 2.28. The van der Waals surface area contributed by atoms with Crippen LogP contribution in [0.1, 0.15) is 11.1 Å². The summed E-state index contributed by atoms with van der Waals surface area (Å²) < 4.78 is 30.7. The van der Waals surface area contributed by atoms with Gasteiger partial charge in [-0.25, -0.2) is 4.79 Å². The number of rotatable bonds is 4. The maximum Gasteiger partial charge on any atom is 0.379 e. The summed E-state index contributed by atoms with van der Waals surface area (Å²) >= 11 is 0. The highest BCUT2D eigenvalue weighted by Gasteiger charge is 2.40. The molecule has 0 heterocycles. The van der Waals surface area contributed by atoms with Gasteiger partial charge in [0.15, 0.2) is 0 Å². The lowest BCUT2D eigenvalue weighted by Gasteiger charge is -2.11. The number of benzene rings is 1. The fraction of sp³-hybridized carbons (Fsp3) is 0.300. The number of hydrogen-bond acceptors (Lipinski definition) is 2. The van der Waals surface area contributed by atoms with Crippen LogP contribution in [0, 0.1) is 0 Å². The molecule has 0 radical (unpaired) electrons. The maximum absolute atomic E-state index is 13.0. The summed E-state index contributed by atoms with van der Waals surface area (Å²) in [5.41, 5.74) is 0.178. The van der Waals surface area contributed by atoms with Crippen molar-refractivity contribution in [3.63, 3.8) is 0 Å². The Hall–Kier alpha value is -1.49. The maximum atomic E-state index is 13.0. The summed E-state index contributed by atoms with van der Waals surface area (Å²) in [5, 5.41) is 8.29. The highest BCUT2D eigenvalue weighted by atomic mass is 19.3. The number of carboxylic acids is 1. The summed E-state index contributed by atoms with van der Waals surface area (Å²) in [6, 6.07) is 5.00. The van der Waals surface area contributed by atoms with Crippen molar-refractivity contribution in [2.45, 2.75) is 12.5 Å². The van der Waals surface area contributed by atoms with Gasteiger partial charge in [-0.2, -0.15) is 8.78 Å². The Balaban J connectivity index is 2.93. The summed E-state index contributed by atoms with van der Waals surface area (Å²) in [5.74, 6) is -5.99. The van der Waals surface area contributed by atoms with Crippen LogP contribution < -0.4 is 0 Å². The first-order valence-corrected chi connectivity index (χ1v) is 4.18. The minimum Gasteiger partial charge on any atom is -0.477 e. The molecule has 3 nitrogen and oxygen atoms in total. The summed E-state index contributed by atoms with van der Waals surface area (Å²) in [4.78, 5) is 10.3. The van der Waals surface area contributed by atoms with Crippen molar-refractivity contribution < 1.29 is 23.4 Å². The molecule has 0 aliphatic rings. The van der Waals surface area contributed by atoms with Gasteiger partial charge in [-0.05, 0) is 5.56 Å². The molecule has 0 aliphatic carbocycles. The van der Waals surface area contributed by atoms with Crippen LogP contribution in [0.2, 0.25) is 0 Å². The second kappa shape index (κ2) is 4.35. The molecule has 0 aromatic heterocycles. The van der Waals surface area contributed by atoms with Gasteiger partial charge in [-0.1, -0.05) is 24.3 Å². The Kier molecular flexibility index (Phi) is 3.36. The number of alkyl halides is 2. The van der Waals surface area contributed by atoms with Gasteiger partial charge in [0.2, 0.25) is 0 Å². The van der Waals surface area contributed by atoms with Crippen LogP contribution in [-0.4, -0.2) is 18.2 Å². The molecule has 0 spiro atoms. The zero-order valence-electron chi connectivity index (χ0n) is 8.04. The Morgan fingerprint density at radius 2 is 1.93 bits per heavy atom. The van der Waals surface area contributed by atoms with Crippen LogP contribution in [0.5, 0.6) is 0 Å². The molecule has 1 aromatic carbocycles. The van der Waals surface area contributed by atoms with Gasteiger partial charge in [0.05, 0.1) is 6.61 Å². The van der Waals surface area contributed by atoms with Crippen LogP contribution in [0.15, 0.2) is 24.3 Å². The molecule has 1 rings (SSSR count). The molecule has 5 heteroatoms. The number of carbonyl (C=O) groups is 1. The molecule has 1 N–H and O–H groups in total. The largest absolute Gasteiger partial charge is 0.477 e. The smallest absolute Gasteiger partial charge is 0.379 e. The second-order valence-electron chi connectivity index (χ2n) is 3.01. The second-order valence-corrected chi connectivity index (χ2v) is 3.01. The lowest BCUT2D eigenvalue weighted by Crippen LogP contribution is -2.25. The fourth-order valence-electron chi connectivity index (χ4n) is 1.10. The van der Waals surface area contributed by atoms with Crippen molar-refractivity contribution in [3.05, 3.63) is 35.4 Å². The Morgan fingerprint density at radius 1 is 1.40 bits per heavy atom. The van der Waals surface area contributed by atoms with Crippen LogP contribution >= 0.6 is 0 Å². The lowest BCUT2D eigenvalue weighted by atomic mass is 10.1. The van der Waals surface area contributed by atoms with E-state index in [1.807, 2.05) is 0 Å². The fourth-order valence-corrected chi connectivity index (χ4v) is 1.10. The standard InChI is InChI=1S/C10H10F2O3/c1-15-6-7-2-4-8(5-3-7)10(11,12)9(13)14/h2-5H,6H2,1H3,(H,13,14). The van der Waals surface area contributed by atoms with E-state index in [2.05, 4.69) is 0 Å². The molecule has 0 saturated carbocycles. The third-order valence-electron chi connectivity index (χ3n) is 1.90. The van der Waals surface area contributed by atoms with Gasteiger partial charge in [0.1, 0.15) is 0 Å². The zero-order chi connectivity index (χ0) is 11.5. The number of hydrogen-bond donors (Lipinski definition) is 1. The Labute approximate surface area is 85.3 Å². The van der Waals surface area contributed by atoms with Gasteiger partial charge >= 0.3 is 11.9 Å². The molecule has 0 amide bonds. The van der Waals surface area contributed by atoms with Crippen LogP contribution in [0.4, 0.5) is 8.78 Å². The summed E-state index contributed by atoms with van der Waals surface area (Å²) in [6.07, 6.45) is 0. The highest BCUT2D eigenvalue weighted by molar-refractivity contribution is 5.77. The molecule has 0 bridgehead atoms. The molecule has 0 fully saturated rings. The number of carboxylic acid groups (broad SMARTS) is 1. The average molecular weight is 216 g/mol. The normalized spacial score (nSPS) is 11.4. The predicted molar refractivity (Wildman–Crippen MR) is 48.7 cm³/mol. The molecular weight excluding hydrogens is 206 g/mol. The Bertz CT molecular complexity index is 346.